The molecule has 0 spiro atoms. The molecule has 0 amide bonds. The molecule has 0 unspecified atom stereocenters. The zero-order valence-electron chi connectivity index (χ0n) is 7.30. The molecule has 0 heterocycles. The molecule has 80 valence electrons. The molecule has 0 saturated carbocycles. The van der Waals surface area contributed by atoms with Crippen molar-refractivity contribution in [1.82, 2.24) is 0 Å². The fraction of sp³-hybridized carbons (Fsp3) is 0.111. The van der Waals surface area contributed by atoms with Crippen LogP contribution in [0.3, 0.4) is 0 Å². The first-order valence-corrected chi connectivity index (χ1v) is 5.07. The number of halogens is 3. The van der Waals surface area contributed by atoms with Gasteiger partial charge in [-0.1, -0.05) is 11.6 Å². The quantitative estimate of drug-likeness (QED) is 0.622. The van der Waals surface area contributed by atoms with Gasteiger partial charge in [-0.05, 0) is 41.4 Å². The molecular formula is C9H5Cl3O3. The second-order valence-corrected chi connectivity index (χ2v) is 3.45. The van der Waals surface area contributed by atoms with Crippen molar-refractivity contribution in [3.63, 3.8) is 0 Å². The van der Waals surface area contributed by atoms with Gasteiger partial charge >= 0.3 is 0 Å². The standard InChI is InChI=1S/C9H5Cl3O3/c10-4-15-7-2-5(8(11)13)1-6(3-7)9(12)14/h1-3H,4H2. The molecule has 1 aromatic rings. The smallest absolute Gasteiger partial charge is 0.252 e. The highest BCUT2D eigenvalue weighted by atomic mass is 35.5. The van der Waals surface area contributed by atoms with Crippen molar-refractivity contribution in [1.29, 1.82) is 0 Å². The third kappa shape index (κ3) is 3.38. The highest BCUT2D eigenvalue weighted by molar-refractivity contribution is 6.69. The van der Waals surface area contributed by atoms with Crippen molar-refractivity contribution in [3.05, 3.63) is 29.3 Å². The molecule has 1 rings (SSSR count). The van der Waals surface area contributed by atoms with E-state index in [1.54, 1.807) is 0 Å². The summed E-state index contributed by atoms with van der Waals surface area (Å²) in [5.74, 6) is 0.264. The lowest BCUT2D eigenvalue weighted by atomic mass is 10.1. The van der Waals surface area contributed by atoms with Gasteiger partial charge in [-0.15, -0.1) is 0 Å². The Balaban J connectivity index is 3.19. The molecule has 0 N–H and O–H groups in total. The highest BCUT2D eigenvalue weighted by Gasteiger charge is 2.10. The minimum atomic E-state index is -0.700. The molecule has 3 nitrogen and oxygen atoms in total. The maximum atomic E-state index is 10.9. The molecular weight excluding hydrogens is 262 g/mol. The van der Waals surface area contributed by atoms with Crippen LogP contribution in [0.4, 0.5) is 0 Å². The molecule has 0 saturated heterocycles. The summed E-state index contributed by atoms with van der Waals surface area (Å²) in [4.78, 5) is 21.8. The van der Waals surface area contributed by atoms with E-state index in [0.29, 0.717) is 0 Å². The van der Waals surface area contributed by atoms with Crippen LogP contribution in [-0.4, -0.2) is 16.6 Å². The van der Waals surface area contributed by atoms with E-state index in [4.69, 9.17) is 39.5 Å². The molecule has 0 aliphatic carbocycles. The molecule has 0 aliphatic heterocycles. The van der Waals surface area contributed by atoms with Crippen LogP contribution in [0.25, 0.3) is 0 Å². The predicted octanol–water partition coefficient (Wildman–Crippen LogP) is 3.02. The van der Waals surface area contributed by atoms with Crippen molar-refractivity contribution in [2.24, 2.45) is 0 Å². The van der Waals surface area contributed by atoms with Gasteiger partial charge in [0.25, 0.3) is 10.5 Å². The Morgan fingerprint density at radius 2 is 1.53 bits per heavy atom. The summed E-state index contributed by atoms with van der Waals surface area (Å²) in [6, 6.07) is 3.93. The van der Waals surface area contributed by atoms with Gasteiger partial charge in [-0.2, -0.15) is 0 Å². The van der Waals surface area contributed by atoms with Gasteiger partial charge in [0.15, 0.2) is 6.07 Å². The first kappa shape index (κ1) is 12.3. The SMILES string of the molecule is O=C(Cl)c1cc(OCCl)cc(C(=O)Cl)c1. The molecule has 0 fully saturated rings. The summed E-state index contributed by atoms with van der Waals surface area (Å²) in [6.45, 7) is 0. The minimum absolute atomic E-state index is 0.101. The number of carbonyl (C=O) groups is 2. The first-order valence-electron chi connectivity index (χ1n) is 3.78. The van der Waals surface area contributed by atoms with Crippen LogP contribution in [0.15, 0.2) is 18.2 Å². The maximum absolute atomic E-state index is 10.9. The van der Waals surface area contributed by atoms with Crippen LogP contribution in [0.2, 0.25) is 0 Å². The minimum Gasteiger partial charge on any atom is -0.478 e. The van der Waals surface area contributed by atoms with Crippen LogP contribution in [0, 0.1) is 0 Å². The molecule has 1 aromatic carbocycles. The Bertz CT molecular complexity index is 371. The fourth-order valence-electron chi connectivity index (χ4n) is 0.972. The molecule has 0 aliphatic rings. The highest BCUT2D eigenvalue weighted by Crippen LogP contribution is 2.20. The van der Waals surface area contributed by atoms with Gasteiger partial charge in [0, 0.05) is 11.1 Å². The summed E-state index contributed by atoms with van der Waals surface area (Å²) in [7, 11) is 0. The lowest BCUT2D eigenvalue weighted by Crippen LogP contribution is -1.98. The van der Waals surface area contributed by atoms with Crippen molar-refractivity contribution in [2.45, 2.75) is 0 Å². The summed E-state index contributed by atoms with van der Waals surface area (Å²) in [5, 5.41) is -1.40. The number of alkyl halides is 1. The second kappa shape index (κ2) is 5.35. The molecule has 0 aromatic heterocycles. The lowest BCUT2D eigenvalue weighted by molar-refractivity contribution is 0.108. The number of rotatable bonds is 4. The molecule has 0 atom stereocenters. The van der Waals surface area contributed by atoms with Crippen LogP contribution in [-0.2, 0) is 0 Å². The second-order valence-electron chi connectivity index (χ2n) is 2.55. The van der Waals surface area contributed by atoms with E-state index in [2.05, 4.69) is 0 Å². The van der Waals surface area contributed by atoms with E-state index in [1.165, 1.54) is 18.2 Å². The van der Waals surface area contributed by atoms with Gasteiger partial charge in [0.05, 0.1) is 0 Å². The normalized spacial score (nSPS) is 9.80. The zero-order chi connectivity index (χ0) is 11.4. The number of ether oxygens (including phenoxy) is 1. The van der Waals surface area contributed by atoms with Crippen molar-refractivity contribution >= 4 is 45.3 Å². The van der Waals surface area contributed by atoms with Crippen LogP contribution in [0.1, 0.15) is 20.7 Å². The van der Waals surface area contributed by atoms with Crippen molar-refractivity contribution in [3.8, 4) is 5.75 Å². The van der Waals surface area contributed by atoms with Gasteiger partial charge in [0.2, 0.25) is 0 Å². The summed E-state index contributed by atoms with van der Waals surface area (Å²) in [5.41, 5.74) is 0.256. The van der Waals surface area contributed by atoms with Crippen LogP contribution < -0.4 is 4.74 Å². The van der Waals surface area contributed by atoms with Gasteiger partial charge < -0.3 is 4.74 Å². The van der Waals surface area contributed by atoms with Crippen LogP contribution >= 0.6 is 34.8 Å². The van der Waals surface area contributed by atoms with Crippen molar-refractivity contribution in [2.75, 3.05) is 6.07 Å². The van der Waals surface area contributed by atoms with E-state index in [9.17, 15) is 9.59 Å². The fourth-order valence-corrected chi connectivity index (χ4v) is 1.32. The Morgan fingerprint density at radius 3 is 1.87 bits per heavy atom. The first-order chi connectivity index (χ1) is 7.04. The number of carbonyl (C=O) groups excluding carboxylic acids is 2. The largest absolute Gasteiger partial charge is 0.478 e. The summed E-state index contributed by atoms with van der Waals surface area (Å²) < 4.78 is 4.93. The summed E-state index contributed by atoms with van der Waals surface area (Å²) in [6.07, 6.45) is 0. The molecule has 0 bridgehead atoms. The third-order valence-corrected chi connectivity index (χ3v) is 2.13. The number of hydrogen-bond donors (Lipinski definition) is 0. The number of benzene rings is 1. The predicted molar refractivity (Wildman–Crippen MR) is 58.2 cm³/mol. The van der Waals surface area contributed by atoms with Crippen molar-refractivity contribution < 1.29 is 14.3 Å². The Morgan fingerprint density at radius 1 is 1.07 bits per heavy atom. The van der Waals surface area contributed by atoms with E-state index in [0.717, 1.165) is 0 Å². The van der Waals surface area contributed by atoms with Gasteiger partial charge in [0.1, 0.15) is 5.75 Å². The molecule has 6 heteroatoms. The van der Waals surface area contributed by atoms with E-state index in [-0.39, 0.29) is 22.9 Å². The van der Waals surface area contributed by atoms with Gasteiger partial charge in [-0.25, -0.2) is 0 Å². The van der Waals surface area contributed by atoms with E-state index >= 15 is 0 Å². The molecule has 15 heavy (non-hydrogen) atoms. The average molecular weight is 267 g/mol. The monoisotopic (exact) mass is 266 g/mol. The zero-order valence-corrected chi connectivity index (χ0v) is 9.57. The Labute approximate surface area is 101 Å². The Hall–Kier alpha value is -0.770. The van der Waals surface area contributed by atoms with E-state index in [1.807, 2.05) is 0 Å². The van der Waals surface area contributed by atoms with Gasteiger partial charge in [-0.3, -0.25) is 9.59 Å². The summed E-state index contributed by atoms with van der Waals surface area (Å²) >= 11 is 15.9. The van der Waals surface area contributed by atoms with E-state index < -0.39 is 10.5 Å². The third-order valence-electron chi connectivity index (χ3n) is 1.58. The maximum Gasteiger partial charge on any atom is 0.252 e. The Kier molecular flexibility index (Phi) is 4.39. The van der Waals surface area contributed by atoms with Crippen LogP contribution in [0.5, 0.6) is 5.75 Å². The average Bonchev–Trinajstić information content (AvgIpc) is 2.17. The lowest BCUT2D eigenvalue weighted by Gasteiger charge is -2.04. The number of hydrogen-bond acceptors (Lipinski definition) is 3. The molecule has 0 radical (unpaired) electrons. The topological polar surface area (TPSA) is 43.4 Å².